The monoisotopic (exact) mass is 440 g/mol. The van der Waals surface area contributed by atoms with Crippen molar-refractivity contribution in [2.45, 2.75) is 37.8 Å². The van der Waals surface area contributed by atoms with Crippen LogP contribution in [0.3, 0.4) is 0 Å². The number of carbonyl (C=O) groups is 2. The SMILES string of the molecule is CN1CCCC1c1cccnc1.CN1CCCC1c1cccnc1.O=C(O)/C=C/C(=O)O. The predicted molar refractivity (Wildman–Crippen MR) is 122 cm³/mol. The first-order valence-electron chi connectivity index (χ1n) is 10.7. The maximum absolute atomic E-state index is 9.55. The molecule has 0 aliphatic carbocycles. The lowest BCUT2D eigenvalue weighted by Gasteiger charge is -2.18. The Kier molecular flexibility index (Phi) is 10.5. The van der Waals surface area contributed by atoms with Crippen LogP contribution >= 0.6 is 0 Å². The van der Waals surface area contributed by atoms with E-state index in [9.17, 15) is 9.59 Å². The summed E-state index contributed by atoms with van der Waals surface area (Å²) in [6.45, 7) is 2.44. The topological polar surface area (TPSA) is 107 Å². The summed E-state index contributed by atoms with van der Waals surface area (Å²) in [5.41, 5.74) is 2.72. The van der Waals surface area contributed by atoms with Gasteiger partial charge < -0.3 is 10.2 Å². The summed E-state index contributed by atoms with van der Waals surface area (Å²) in [5.74, 6) is -2.51. The Labute approximate surface area is 189 Å². The molecular formula is C24H32N4O4. The van der Waals surface area contributed by atoms with Gasteiger partial charge in [0.15, 0.2) is 0 Å². The van der Waals surface area contributed by atoms with Gasteiger partial charge in [0.2, 0.25) is 0 Å². The average Bonchev–Trinajstić information content (AvgIpc) is 3.42. The minimum Gasteiger partial charge on any atom is -0.478 e. The van der Waals surface area contributed by atoms with Gasteiger partial charge in [-0.2, -0.15) is 0 Å². The zero-order valence-electron chi connectivity index (χ0n) is 18.7. The van der Waals surface area contributed by atoms with E-state index in [-0.39, 0.29) is 0 Å². The fourth-order valence-corrected chi connectivity index (χ4v) is 3.95. The van der Waals surface area contributed by atoms with Gasteiger partial charge in [-0.3, -0.25) is 19.8 Å². The van der Waals surface area contributed by atoms with Crippen molar-refractivity contribution in [3.63, 3.8) is 0 Å². The third-order valence-electron chi connectivity index (χ3n) is 5.55. The number of aliphatic carboxylic acids is 2. The Morgan fingerprint density at radius 1 is 0.844 bits per heavy atom. The van der Waals surface area contributed by atoms with Crippen molar-refractivity contribution in [2.75, 3.05) is 27.2 Å². The second-order valence-electron chi connectivity index (χ2n) is 7.86. The molecule has 2 fully saturated rings. The first-order chi connectivity index (χ1) is 15.4. The molecule has 2 N–H and O–H groups in total. The highest BCUT2D eigenvalue weighted by molar-refractivity contribution is 5.89. The molecule has 0 bridgehead atoms. The van der Waals surface area contributed by atoms with Crippen molar-refractivity contribution in [1.29, 1.82) is 0 Å². The fraction of sp³-hybridized carbons (Fsp3) is 0.417. The van der Waals surface area contributed by atoms with Crippen LogP contribution < -0.4 is 0 Å². The van der Waals surface area contributed by atoms with Gasteiger partial charge in [0.1, 0.15) is 0 Å². The third kappa shape index (κ3) is 8.56. The second kappa shape index (κ2) is 13.3. The standard InChI is InChI=1S/2C10H14N2.C4H4O4/c2*1-12-7-3-5-10(12)9-4-2-6-11-8-9;5-3(6)1-2-4(7)8/h2*2,4,6,8,10H,3,5,7H2,1H3;1-2H,(H,5,6)(H,7,8)/b;;2-1+. The number of likely N-dealkylation sites (tertiary alicyclic amines) is 2. The fourth-order valence-electron chi connectivity index (χ4n) is 3.95. The Bertz CT molecular complexity index is 789. The molecule has 4 heterocycles. The third-order valence-corrected chi connectivity index (χ3v) is 5.55. The van der Waals surface area contributed by atoms with Crippen molar-refractivity contribution in [3.05, 3.63) is 72.3 Å². The molecule has 8 nitrogen and oxygen atoms in total. The van der Waals surface area contributed by atoms with Crippen LogP contribution in [-0.4, -0.2) is 69.1 Å². The molecule has 0 spiro atoms. The molecule has 2 aromatic heterocycles. The van der Waals surface area contributed by atoms with E-state index in [1.807, 2.05) is 36.9 Å². The molecule has 2 aliphatic rings. The first kappa shape index (κ1) is 25.2. The van der Waals surface area contributed by atoms with E-state index in [2.05, 4.69) is 46.0 Å². The molecule has 0 radical (unpaired) electrons. The molecule has 8 heteroatoms. The van der Waals surface area contributed by atoms with E-state index in [1.54, 1.807) is 0 Å². The highest BCUT2D eigenvalue weighted by Crippen LogP contribution is 2.30. The van der Waals surface area contributed by atoms with E-state index in [4.69, 9.17) is 10.2 Å². The van der Waals surface area contributed by atoms with E-state index in [1.165, 1.54) is 49.9 Å². The summed E-state index contributed by atoms with van der Waals surface area (Å²) in [7, 11) is 4.37. The summed E-state index contributed by atoms with van der Waals surface area (Å²) >= 11 is 0. The molecule has 2 atom stereocenters. The molecule has 2 saturated heterocycles. The minimum atomic E-state index is -1.26. The molecular weight excluding hydrogens is 408 g/mol. The van der Waals surface area contributed by atoms with E-state index < -0.39 is 11.9 Å². The molecule has 4 rings (SSSR count). The summed E-state index contributed by atoms with van der Waals surface area (Å²) < 4.78 is 0. The highest BCUT2D eigenvalue weighted by atomic mass is 16.4. The number of hydrogen-bond donors (Lipinski definition) is 2. The van der Waals surface area contributed by atoms with Crippen LogP contribution in [-0.2, 0) is 9.59 Å². The normalized spacial score (nSPS) is 20.8. The number of hydrogen-bond acceptors (Lipinski definition) is 6. The Hall–Kier alpha value is -3.10. The van der Waals surface area contributed by atoms with E-state index in [0.29, 0.717) is 24.2 Å². The molecule has 2 unspecified atom stereocenters. The van der Waals surface area contributed by atoms with Crippen molar-refractivity contribution >= 4 is 11.9 Å². The van der Waals surface area contributed by atoms with Crippen molar-refractivity contribution < 1.29 is 19.8 Å². The van der Waals surface area contributed by atoms with Crippen LogP contribution in [0.25, 0.3) is 0 Å². The van der Waals surface area contributed by atoms with Crippen LogP contribution in [0.2, 0.25) is 0 Å². The summed E-state index contributed by atoms with van der Waals surface area (Å²) in [5, 5.41) is 15.6. The molecule has 2 aliphatic heterocycles. The Balaban J connectivity index is 0.000000175. The largest absolute Gasteiger partial charge is 0.478 e. The second-order valence-corrected chi connectivity index (χ2v) is 7.86. The number of rotatable bonds is 4. The minimum absolute atomic E-state index is 0.558. The average molecular weight is 441 g/mol. The molecule has 2 aromatic rings. The smallest absolute Gasteiger partial charge is 0.328 e. The van der Waals surface area contributed by atoms with Gasteiger partial charge in [-0.1, -0.05) is 12.1 Å². The van der Waals surface area contributed by atoms with Gasteiger partial charge in [-0.05, 0) is 76.1 Å². The first-order valence-corrected chi connectivity index (χ1v) is 10.7. The highest BCUT2D eigenvalue weighted by Gasteiger charge is 2.22. The van der Waals surface area contributed by atoms with Crippen LogP contribution in [0.5, 0.6) is 0 Å². The lowest BCUT2D eigenvalue weighted by Crippen LogP contribution is -2.17. The van der Waals surface area contributed by atoms with Gasteiger partial charge in [0.25, 0.3) is 0 Å². The van der Waals surface area contributed by atoms with Gasteiger partial charge in [0, 0.05) is 49.0 Å². The zero-order valence-corrected chi connectivity index (χ0v) is 18.7. The van der Waals surface area contributed by atoms with Crippen molar-refractivity contribution in [1.82, 2.24) is 19.8 Å². The maximum Gasteiger partial charge on any atom is 0.328 e. The summed E-state index contributed by atoms with van der Waals surface area (Å²) in [6, 6.07) is 9.58. The van der Waals surface area contributed by atoms with Gasteiger partial charge in [-0.25, -0.2) is 9.59 Å². The molecule has 0 aromatic carbocycles. The van der Waals surface area contributed by atoms with E-state index in [0.717, 1.165) is 0 Å². The molecule has 32 heavy (non-hydrogen) atoms. The lowest BCUT2D eigenvalue weighted by molar-refractivity contribution is -0.134. The van der Waals surface area contributed by atoms with Crippen LogP contribution in [0, 0.1) is 0 Å². The number of carboxylic acids is 2. The quantitative estimate of drug-likeness (QED) is 0.697. The Morgan fingerprint density at radius 3 is 1.50 bits per heavy atom. The number of aromatic nitrogens is 2. The predicted octanol–water partition coefficient (Wildman–Crippen LogP) is 3.41. The number of nitrogens with zero attached hydrogens (tertiary/aromatic N) is 4. The molecule has 0 amide bonds. The number of carboxylic acid groups (broad SMARTS) is 2. The van der Waals surface area contributed by atoms with Crippen LogP contribution in [0.1, 0.15) is 48.9 Å². The maximum atomic E-state index is 9.55. The van der Waals surface area contributed by atoms with Crippen LogP contribution in [0.15, 0.2) is 61.2 Å². The van der Waals surface area contributed by atoms with Gasteiger partial charge >= 0.3 is 11.9 Å². The summed E-state index contributed by atoms with van der Waals surface area (Å²) in [4.78, 5) is 32.2. The number of pyridine rings is 2. The van der Waals surface area contributed by atoms with Crippen molar-refractivity contribution in [2.24, 2.45) is 0 Å². The zero-order chi connectivity index (χ0) is 23.3. The summed E-state index contributed by atoms with van der Waals surface area (Å²) in [6.07, 6.45) is 13.9. The van der Waals surface area contributed by atoms with Crippen molar-refractivity contribution in [3.8, 4) is 0 Å². The van der Waals surface area contributed by atoms with E-state index >= 15 is 0 Å². The van der Waals surface area contributed by atoms with Gasteiger partial charge in [0.05, 0.1) is 0 Å². The Morgan fingerprint density at radius 2 is 1.25 bits per heavy atom. The van der Waals surface area contributed by atoms with Gasteiger partial charge in [-0.15, -0.1) is 0 Å². The molecule has 0 saturated carbocycles. The van der Waals surface area contributed by atoms with Crippen LogP contribution in [0.4, 0.5) is 0 Å². The lowest BCUT2D eigenvalue weighted by atomic mass is 10.1. The molecule has 172 valence electrons.